The first-order chi connectivity index (χ1) is 5.29. The van der Waals surface area contributed by atoms with E-state index < -0.39 is 0 Å². The molecule has 0 bridgehead atoms. The minimum atomic E-state index is 0.450. The van der Waals surface area contributed by atoms with Gasteiger partial charge in [0.15, 0.2) is 0 Å². The number of phenolic OH excluding ortho intramolecular Hbond substituents is 1. The van der Waals surface area contributed by atoms with Gasteiger partial charge in [-0.3, -0.25) is 0 Å². The maximum atomic E-state index is 9.38. The monoisotopic (exact) mass is 148 g/mol. The van der Waals surface area contributed by atoms with E-state index in [1.807, 2.05) is 13.0 Å². The van der Waals surface area contributed by atoms with Crippen LogP contribution in [0.25, 0.3) is 0 Å². The molecule has 58 valence electrons. The summed E-state index contributed by atoms with van der Waals surface area (Å²) >= 11 is 0. The predicted molar refractivity (Wildman–Crippen MR) is 44.9 cm³/mol. The number of benzene rings is 1. The van der Waals surface area contributed by atoms with Gasteiger partial charge in [0.05, 0.1) is 0 Å². The van der Waals surface area contributed by atoms with Crippen LogP contribution < -0.4 is 0 Å². The fourth-order valence-corrected chi connectivity index (χ4v) is 1.84. The topological polar surface area (TPSA) is 20.2 Å². The van der Waals surface area contributed by atoms with E-state index in [-0.39, 0.29) is 0 Å². The van der Waals surface area contributed by atoms with Crippen LogP contribution in [0.15, 0.2) is 12.1 Å². The van der Waals surface area contributed by atoms with E-state index in [2.05, 4.69) is 0 Å². The lowest BCUT2D eigenvalue weighted by Crippen LogP contribution is -1.86. The smallest absolute Gasteiger partial charge is 0.118 e. The molecule has 0 amide bonds. The number of hydrogen-bond donors (Lipinski definition) is 1. The van der Waals surface area contributed by atoms with Crippen LogP contribution in [0, 0.1) is 6.92 Å². The molecule has 0 aliphatic heterocycles. The lowest BCUT2D eigenvalue weighted by atomic mass is 10.0. The number of phenols is 1. The van der Waals surface area contributed by atoms with E-state index in [4.69, 9.17) is 0 Å². The van der Waals surface area contributed by atoms with Crippen molar-refractivity contribution in [2.75, 3.05) is 0 Å². The summed E-state index contributed by atoms with van der Waals surface area (Å²) in [5, 5.41) is 9.38. The highest BCUT2D eigenvalue weighted by molar-refractivity contribution is 5.45. The van der Waals surface area contributed by atoms with Gasteiger partial charge >= 0.3 is 0 Å². The molecule has 1 aliphatic rings. The number of hydrogen-bond acceptors (Lipinski definition) is 1. The minimum Gasteiger partial charge on any atom is -0.508 e. The van der Waals surface area contributed by atoms with Crippen molar-refractivity contribution in [3.05, 3.63) is 28.8 Å². The highest BCUT2D eigenvalue weighted by atomic mass is 16.3. The van der Waals surface area contributed by atoms with Gasteiger partial charge in [0.1, 0.15) is 5.75 Å². The molecular weight excluding hydrogens is 136 g/mol. The Morgan fingerprint density at radius 1 is 1.27 bits per heavy atom. The van der Waals surface area contributed by atoms with Crippen molar-refractivity contribution < 1.29 is 5.11 Å². The van der Waals surface area contributed by atoms with Crippen molar-refractivity contribution in [3.8, 4) is 5.75 Å². The molecule has 0 aromatic heterocycles. The van der Waals surface area contributed by atoms with Crippen molar-refractivity contribution >= 4 is 0 Å². The minimum absolute atomic E-state index is 0.450. The number of rotatable bonds is 0. The average Bonchev–Trinajstić information content (AvgIpc) is 2.45. The Kier molecular flexibility index (Phi) is 1.38. The van der Waals surface area contributed by atoms with Crippen LogP contribution >= 0.6 is 0 Å². The Morgan fingerprint density at radius 3 is 2.91 bits per heavy atom. The zero-order chi connectivity index (χ0) is 7.84. The van der Waals surface area contributed by atoms with Gasteiger partial charge in [-0.2, -0.15) is 0 Å². The Morgan fingerprint density at radius 2 is 2.09 bits per heavy atom. The maximum Gasteiger partial charge on any atom is 0.118 e. The molecule has 0 saturated heterocycles. The zero-order valence-electron chi connectivity index (χ0n) is 6.72. The van der Waals surface area contributed by atoms with E-state index in [1.165, 1.54) is 24.0 Å². The summed E-state index contributed by atoms with van der Waals surface area (Å²) in [6, 6.07) is 3.85. The quantitative estimate of drug-likeness (QED) is 0.598. The van der Waals surface area contributed by atoms with Crippen molar-refractivity contribution in [1.29, 1.82) is 0 Å². The van der Waals surface area contributed by atoms with Crippen LogP contribution in [0.2, 0.25) is 0 Å². The largest absolute Gasteiger partial charge is 0.508 e. The summed E-state index contributed by atoms with van der Waals surface area (Å²) in [5.41, 5.74) is 3.89. The second kappa shape index (κ2) is 2.26. The third-order valence-electron chi connectivity index (χ3n) is 2.54. The second-order valence-electron chi connectivity index (χ2n) is 3.20. The Bertz CT molecular complexity index is 289. The Labute approximate surface area is 66.7 Å². The van der Waals surface area contributed by atoms with E-state index in [1.54, 1.807) is 6.07 Å². The Hall–Kier alpha value is -0.980. The van der Waals surface area contributed by atoms with E-state index in [0.717, 1.165) is 12.0 Å². The van der Waals surface area contributed by atoms with E-state index >= 15 is 0 Å². The first-order valence-electron chi connectivity index (χ1n) is 4.09. The third kappa shape index (κ3) is 0.917. The van der Waals surface area contributed by atoms with Crippen LogP contribution in [0.3, 0.4) is 0 Å². The van der Waals surface area contributed by atoms with Gasteiger partial charge in [0, 0.05) is 0 Å². The molecule has 0 saturated carbocycles. The van der Waals surface area contributed by atoms with Crippen LogP contribution in [-0.4, -0.2) is 5.11 Å². The van der Waals surface area contributed by atoms with Gasteiger partial charge in [-0.05, 0) is 48.9 Å². The van der Waals surface area contributed by atoms with Gasteiger partial charge in [-0.15, -0.1) is 0 Å². The van der Waals surface area contributed by atoms with Gasteiger partial charge in [-0.25, -0.2) is 0 Å². The Balaban J connectivity index is 2.62. The summed E-state index contributed by atoms with van der Waals surface area (Å²) in [5.74, 6) is 0.450. The number of aryl methyl sites for hydroxylation is 1. The predicted octanol–water partition coefficient (Wildman–Crippen LogP) is 2.19. The van der Waals surface area contributed by atoms with Crippen LogP contribution in [0.1, 0.15) is 23.1 Å². The normalized spacial score (nSPS) is 15.0. The van der Waals surface area contributed by atoms with E-state index in [0.29, 0.717) is 5.75 Å². The highest BCUT2D eigenvalue weighted by Gasteiger charge is 2.14. The summed E-state index contributed by atoms with van der Waals surface area (Å²) in [6.07, 6.45) is 3.59. The first kappa shape index (κ1) is 6.71. The van der Waals surface area contributed by atoms with Crippen LogP contribution in [0.4, 0.5) is 0 Å². The molecule has 2 rings (SSSR count). The molecule has 0 radical (unpaired) electrons. The SMILES string of the molecule is Cc1c(O)ccc2c1CCC2. The fraction of sp³-hybridized carbons (Fsp3) is 0.400. The average molecular weight is 148 g/mol. The van der Waals surface area contributed by atoms with Gasteiger partial charge < -0.3 is 5.11 Å². The maximum absolute atomic E-state index is 9.38. The lowest BCUT2D eigenvalue weighted by molar-refractivity contribution is 0.470. The molecule has 1 aromatic rings. The highest BCUT2D eigenvalue weighted by Crippen LogP contribution is 2.29. The zero-order valence-corrected chi connectivity index (χ0v) is 6.72. The number of fused-ring (bicyclic) bond motifs is 1. The van der Waals surface area contributed by atoms with Crippen LogP contribution in [-0.2, 0) is 12.8 Å². The van der Waals surface area contributed by atoms with Crippen molar-refractivity contribution in [3.63, 3.8) is 0 Å². The lowest BCUT2D eigenvalue weighted by Gasteiger charge is -2.04. The molecule has 0 atom stereocenters. The van der Waals surface area contributed by atoms with Crippen molar-refractivity contribution in [2.24, 2.45) is 0 Å². The standard InChI is InChI=1S/C10H12O/c1-7-9-4-2-3-8(9)5-6-10(7)11/h5-6,11H,2-4H2,1H3. The summed E-state index contributed by atoms with van der Waals surface area (Å²) in [7, 11) is 0. The second-order valence-corrected chi connectivity index (χ2v) is 3.20. The molecule has 0 heterocycles. The summed E-state index contributed by atoms with van der Waals surface area (Å²) < 4.78 is 0. The summed E-state index contributed by atoms with van der Waals surface area (Å²) in [6.45, 7) is 2.00. The first-order valence-corrected chi connectivity index (χ1v) is 4.09. The molecule has 1 aliphatic carbocycles. The molecule has 1 nitrogen and oxygen atoms in total. The van der Waals surface area contributed by atoms with Gasteiger partial charge in [0.2, 0.25) is 0 Å². The molecule has 0 unspecified atom stereocenters. The number of aromatic hydroxyl groups is 1. The van der Waals surface area contributed by atoms with Crippen LogP contribution in [0.5, 0.6) is 5.75 Å². The van der Waals surface area contributed by atoms with E-state index in [9.17, 15) is 5.11 Å². The molecule has 1 aromatic carbocycles. The van der Waals surface area contributed by atoms with Gasteiger partial charge in [-0.1, -0.05) is 6.07 Å². The molecule has 11 heavy (non-hydrogen) atoms. The molecule has 1 heteroatoms. The fourth-order valence-electron chi connectivity index (χ4n) is 1.84. The molecule has 0 fully saturated rings. The van der Waals surface area contributed by atoms with Gasteiger partial charge in [0.25, 0.3) is 0 Å². The summed E-state index contributed by atoms with van der Waals surface area (Å²) in [4.78, 5) is 0. The molecule has 0 spiro atoms. The molecule has 1 N–H and O–H groups in total. The third-order valence-corrected chi connectivity index (χ3v) is 2.54. The van der Waals surface area contributed by atoms with Crippen molar-refractivity contribution in [1.82, 2.24) is 0 Å². The molecular formula is C10H12O. The van der Waals surface area contributed by atoms with Crippen molar-refractivity contribution in [2.45, 2.75) is 26.2 Å².